The number of benzene rings is 1. The molecule has 0 radical (unpaired) electrons. The van der Waals surface area contributed by atoms with Crippen LogP contribution in [-0.4, -0.2) is 16.1 Å². The molecule has 0 N–H and O–H groups in total. The molecule has 1 rings (SSSR count). The normalized spacial score (nSPS) is 14.5. The van der Waals surface area contributed by atoms with E-state index in [-0.39, 0.29) is 0 Å². The predicted molar refractivity (Wildman–Crippen MR) is 49.5 cm³/mol. The number of ether oxygens (including phenoxy) is 1. The average molecular weight is 198 g/mol. The van der Waals surface area contributed by atoms with Gasteiger partial charge in [0.15, 0.2) is 5.44 Å². The smallest absolute Gasteiger partial charge is 0.294 e. The van der Waals surface area contributed by atoms with Gasteiger partial charge in [0.1, 0.15) is 0 Å². The molecule has 0 saturated carbocycles. The summed E-state index contributed by atoms with van der Waals surface area (Å²) >= 11 is 0. The second-order valence-electron chi connectivity index (χ2n) is 2.41. The van der Waals surface area contributed by atoms with Crippen LogP contribution in [0.15, 0.2) is 35.2 Å². The minimum atomic E-state index is -1.28. The highest BCUT2D eigenvalue weighted by molar-refractivity contribution is 7.85. The zero-order valence-corrected chi connectivity index (χ0v) is 7.99. The maximum absolute atomic E-state index is 11.6. The van der Waals surface area contributed by atoms with Crippen molar-refractivity contribution in [2.24, 2.45) is 0 Å². The molecule has 1 aromatic carbocycles. The van der Waals surface area contributed by atoms with Crippen LogP contribution in [0, 0.1) is 0 Å². The van der Waals surface area contributed by atoms with Gasteiger partial charge in [-0.15, -0.1) is 0 Å². The second-order valence-corrected chi connectivity index (χ2v) is 4.14. The molecule has 0 fully saturated rings. The predicted octanol–water partition coefficient (Wildman–Crippen LogP) is 1.31. The van der Waals surface area contributed by atoms with Crippen molar-refractivity contribution in [1.29, 1.82) is 0 Å². The third-order valence-corrected chi connectivity index (χ3v) is 2.98. The standard InChI is InChI=1S/C9H10O3S/c1-8(12-7-10)13(11)9-5-3-2-4-6-9/h2-8H,1H3. The first-order valence-electron chi connectivity index (χ1n) is 3.80. The highest BCUT2D eigenvalue weighted by Crippen LogP contribution is 2.10. The Morgan fingerprint density at radius 2 is 2.00 bits per heavy atom. The van der Waals surface area contributed by atoms with Crippen molar-refractivity contribution >= 4 is 17.3 Å². The molecular formula is C9H10O3S. The molecule has 0 heterocycles. The minimum Gasteiger partial charge on any atom is -0.451 e. The molecule has 0 spiro atoms. The van der Waals surface area contributed by atoms with Crippen LogP contribution in [0.3, 0.4) is 0 Å². The summed E-state index contributed by atoms with van der Waals surface area (Å²) in [5, 5.41) is 0. The monoisotopic (exact) mass is 198 g/mol. The van der Waals surface area contributed by atoms with Crippen molar-refractivity contribution in [3.05, 3.63) is 30.3 Å². The summed E-state index contributed by atoms with van der Waals surface area (Å²) in [5.74, 6) is 0. The topological polar surface area (TPSA) is 43.4 Å². The van der Waals surface area contributed by atoms with Gasteiger partial charge in [0.2, 0.25) is 0 Å². The lowest BCUT2D eigenvalue weighted by atomic mass is 10.4. The molecule has 13 heavy (non-hydrogen) atoms. The SMILES string of the molecule is CC(OC=O)S(=O)c1ccccc1. The molecule has 3 nitrogen and oxygen atoms in total. The molecule has 0 saturated heterocycles. The van der Waals surface area contributed by atoms with Crippen molar-refractivity contribution in [2.75, 3.05) is 0 Å². The molecule has 4 heteroatoms. The van der Waals surface area contributed by atoms with E-state index in [2.05, 4.69) is 4.74 Å². The third-order valence-electron chi connectivity index (χ3n) is 1.52. The molecule has 70 valence electrons. The Kier molecular flexibility index (Phi) is 3.64. The zero-order chi connectivity index (χ0) is 9.68. The van der Waals surface area contributed by atoms with E-state index in [1.807, 2.05) is 6.07 Å². The van der Waals surface area contributed by atoms with Crippen LogP contribution in [0.2, 0.25) is 0 Å². The van der Waals surface area contributed by atoms with Crippen LogP contribution < -0.4 is 0 Å². The van der Waals surface area contributed by atoms with E-state index in [0.717, 1.165) is 0 Å². The van der Waals surface area contributed by atoms with E-state index in [1.54, 1.807) is 31.2 Å². The van der Waals surface area contributed by atoms with Gasteiger partial charge in [0.25, 0.3) is 6.47 Å². The summed E-state index contributed by atoms with van der Waals surface area (Å²) in [6.45, 7) is 1.91. The molecule has 2 unspecified atom stereocenters. The first-order chi connectivity index (χ1) is 6.25. The molecule has 0 aliphatic carbocycles. The van der Waals surface area contributed by atoms with Crippen molar-refractivity contribution in [3.63, 3.8) is 0 Å². The van der Waals surface area contributed by atoms with Crippen molar-refractivity contribution in [2.45, 2.75) is 17.3 Å². The number of hydrogen-bond donors (Lipinski definition) is 0. The largest absolute Gasteiger partial charge is 0.451 e. The lowest BCUT2D eigenvalue weighted by Crippen LogP contribution is -2.14. The second kappa shape index (κ2) is 4.77. The van der Waals surface area contributed by atoms with Gasteiger partial charge >= 0.3 is 0 Å². The Morgan fingerprint density at radius 1 is 1.38 bits per heavy atom. The van der Waals surface area contributed by atoms with E-state index in [9.17, 15) is 9.00 Å². The number of carbonyl (C=O) groups is 1. The minimum absolute atomic E-state index is 0.311. The molecular weight excluding hydrogens is 188 g/mol. The number of rotatable bonds is 4. The summed E-state index contributed by atoms with van der Waals surface area (Å²) in [4.78, 5) is 10.7. The fourth-order valence-electron chi connectivity index (χ4n) is 0.875. The van der Waals surface area contributed by atoms with Crippen LogP contribution >= 0.6 is 0 Å². The van der Waals surface area contributed by atoms with Crippen LogP contribution in [0.5, 0.6) is 0 Å². The Labute approximate surface area is 79.2 Å². The Balaban J connectivity index is 2.73. The van der Waals surface area contributed by atoms with Crippen LogP contribution in [-0.2, 0) is 20.3 Å². The lowest BCUT2D eigenvalue weighted by molar-refractivity contribution is -0.129. The number of hydrogen-bond acceptors (Lipinski definition) is 3. The Hall–Kier alpha value is -1.16. The van der Waals surface area contributed by atoms with Crippen LogP contribution in [0.4, 0.5) is 0 Å². The van der Waals surface area contributed by atoms with E-state index < -0.39 is 16.2 Å². The third kappa shape index (κ3) is 2.66. The summed E-state index contributed by atoms with van der Waals surface area (Å²) in [7, 11) is -1.28. The lowest BCUT2D eigenvalue weighted by Gasteiger charge is -2.08. The Bertz CT molecular complexity index is 297. The van der Waals surface area contributed by atoms with Gasteiger partial charge in [-0.25, -0.2) is 0 Å². The molecule has 0 bridgehead atoms. The van der Waals surface area contributed by atoms with Gasteiger partial charge in [-0.05, 0) is 19.1 Å². The molecule has 0 aromatic heterocycles. The maximum Gasteiger partial charge on any atom is 0.294 e. The fourth-order valence-corrected chi connectivity index (χ4v) is 1.83. The van der Waals surface area contributed by atoms with Crippen LogP contribution in [0.1, 0.15) is 6.92 Å². The average Bonchev–Trinajstić information content (AvgIpc) is 2.18. The highest BCUT2D eigenvalue weighted by atomic mass is 32.2. The summed E-state index contributed by atoms with van der Waals surface area (Å²) < 4.78 is 16.1. The maximum atomic E-state index is 11.6. The highest BCUT2D eigenvalue weighted by Gasteiger charge is 2.12. The summed E-state index contributed by atoms with van der Waals surface area (Å²) in [5.41, 5.74) is -0.597. The quantitative estimate of drug-likeness (QED) is 0.685. The molecule has 0 aliphatic heterocycles. The van der Waals surface area contributed by atoms with Crippen molar-refractivity contribution < 1.29 is 13.7 Å². The zero-order valence-electron chi connectivity index (χ0n) is 7.17. The van der Waals surface area contributed by atoms with E-state index in [0.29, 0.717) is 11.4 Å². The van der Waals surface area contributed by atoms with E-state index >= 15 is 0 Å². The van der Waals surface area contributed by atoms with E-state index in [1.165, 1.54) is 0 Å². The van der Waals surface area contributed by atoms with Gasteiger partial charge in [-0.1, -0.05) is 18.2 Å². The molecule has 1 aromatic rings. The molecule has 2 atom stereocenters. The van der Waals surface area contributed by atoms with Gasteiger partial charge in [-0.3, -0.25) is 9.00 Å². The van der Waals surface area contributed by atoms with Gasteiger partial charge in [-0.2, -0.15) is 0 Å². The van der Waals surface area contributed by atoms with Gasteiger partial charge in [0.05, 0.1) is 10.8 Å². The first-order valence-corrected chi connectivity index (χ1v) is 5.01. The van der Waals surface area contributed by atoms with Crippen molar-refractivity contribution in [1.82, 2.24) is 0 Å². The van der Waals surface area contributed by atoms with E-state index in [4.69, 9.17) is 0 Å². The summed E-state index contributed by atoms with van der Waals surface area (Å²) in [6, 6.07) is 8.90. The van der Waals surface area contributed by atoms with Gasteiger partial charge < -0.3 is 4.74 Å². The Morgan fingerprint density at radius 3 is 2.54 bits per heavy atom. The van der Waals surface area contributed by atoms with Crippen molar-refractivity contribution in [3.8, 4) is 0 Å². The van der Waals surface area contributed by atoms with Crippen LogP contribution in [0.25, 0.3) is 0 Å². The summed E-state index contributed by atoms with van der Waals surface area (Å²) in [6.07, 6.45) is 0. The molecule has 0 amide bonds. The fraction of sp³-hybridized carbons (Fsp3) is 0.222. The number of carbonyl (C=O) groups excluding carboxylic acids is 1. The first kappa shape index (κ1) is 9.92. The van der Waals surface area contributed by atoms with Gasteiger partial charge in [0, 0.05) is 4.90 Å². The molecule has 0 aliphatic rings.